The fourth-order valence-corrected chi connectivity index (χ4v) is 2.83. The summed E-state index contributed by atoms with van der Waals surface area (Å²) in [4.78, 5) is -0.310. The van der Waals surface area contributed by atoms with E-state index >= 15 is 0 Å². The van der Waals surface area contributed by atoms with Crippen molar-refractivity contribution in [1.29, 1.82) is 0 Å². The van der Waals surface area contributed by atoms with Crippen LogP contribution in [0.1, 0.15) is 0 Å². The normalized spacial score (nSPS) is 11.7. The number of aromatic hydroxyl groups is 2. The van der Waals surface area contributed by atoms with Crippen LogP contribution in [0.2, 0.25) is 5.02 Å². The van der Waals surface area contributed by atoms with Crippen LogP contribution in [0.5, 0.6) is 17.2 Å². The van der Waals surface area contributed by atoms with Gasteiger partial charge in [-0.15, -0.1) is 10.2 Å². The SMILES string of the molecule is O=S(=O)(O)c1ccc(N=Nc2cc(N=Nc3cc(Cl)ccc3[O-])c(O)cc2O)cc1.[Na+]. The van der Waals surface area contributed by atoms with Crippen molar-refractivity contribution in [3.05, 3.63) is 59.6 Å². The summed E-state index contributed by atoms with van der Waals surface area (Å²) >= 11 is 5.81. The fourth-order valence-electron chi connectivity index (χ4n) is 2.19. The van der Waals surface area contributed by atoms with Gasteiger partial charge in [0.05, 0.1) is 16.3 Å². The Hall–Kier alpha value is -2.54. The van der Waals surface area contributed by atoms with E-state index in [-0.39, 0.29) is 62.2 Å². The van der Waals surface area contributed by atoms with Crippen LogP contribution in [0.3, 0.4) is 0 Å². The molecular weight excluding hydrogens is 459 g/mol. The Morgan fingerprint density at radius 3 is 1.90 bits per heavy atom. The average molecular weight is 471 g/mol. The molecule has 154 valence electrons. The van der Waals surface area contributed by atoms with Crippen molar-refractivity contribution >= 4 is 44.5 Å². The van der Waals surface area contributed by atoms with Crippen LogP contribution in [-0.2, 0) is 10.1 Å². The van der Waals surface area contributed by atoms with E-state index in [1.54, 1.807) is 0 Å². The van der Waals surface area contributed by atoms with Crippen LogP contribution in [0, 0.1) is 0 Å². The maximum Gasteiger partial charge on any atom is 1.00 e. The molecule has 0 aliphatic carbocycles. The summed E-state index contributed by atoms with van der Waals surface area (Å²) in [6.07, 6.45) is 0. The summed E-state index contributed by atoms with van der Waals surface area (Å²) in [5, 5.41) is 47.1. The first-order chi connectivity index (χ1) is 14.1. The Bertz CT molecular complexity index is 1270. The summed E-state index contributed by atoms with van der Waals surface area (Å²) in [7, 11) is -4.33. The fraction of sp³-hybridized carbons (Fsp3) is 0. The summed E-state index contributed by atoms with van der Waals surface area (Å²) in [6.45, 7) is 0. The number of halogens is 1. The molecule has 0 atom stereocenters. The van der Waals surface area contributed by atoms with Gasteiger partial charge in [-0.1, -0.05) is 23.4 Å². The van der Waals surface area contributed by atoms with Gasteiger partial charge in [-0.25, -0.2) is 0 Å². The third-order valence-electron chi connectivity index (χ3n) is 3.67. The van der Waals surface area contributed by atoms with Gasteiger partial charge in [0.2, 0.25) is 0 Å². The van der Waals surface area contributed by atoms with Crippen molar-refractivity contribution in [2.45, 2.75) is 4.90 Å². The second-order valence-electron chi connectivity index (χ2n) is 5.81. The molecule has 0 saturated carbocycles. The third kappa shape index (κ3) is 6.47. The summed E-state index contributed by atoms with van der Waals surface area (Å²) in [5.41, 5.74) is 0.0157. The summed E-state index contributed by atoms with van der Waals surface area (Å²) in [6, 6.07) is 10.9. The molecule has 0 amide bonds. The van der Waals surface area contributed by atoms with Crippen LogP contribution in [0.25, 0.3) is 0 Å². The average Bonchev–Trinajstić information content (AvgIpc) is 2.68. The molecule has 3 aromatic rings. The molecule has 0 aliphatic rings. The summed E-state index contributed by atoms with van der Waals surface area (Å²) < 4.78 is 31.0. The maximum absolute atomic E-state index is 11.7. The van der Waals surface area contributed by atoms with Crippen molar-refractivity contribution in [2.24, 2.45) is 20.5 Å². The van der Waals surface area contributed by atoms with E-state index in [1.165, 1.54) is 36.4 Å². The van der Waals surface area contributed by atoms with Gasteiger partial charge < -0.3 is 15.3 Å². The van der Waals surface area contributed by atoms with Crippen LogP contribution in [-0.4, -0.2) is 23.2 Å². The number of hydrogen-bond acceptors (Lipinski definition) is 9. The van der Waals surface area contributed by atoms with Gasteiger partial charge in [0.25, 0.3) is 10.1 Å². The van der Waals surface area contributed by atoms with Crippen molar-refractivity contribution < 1.29 is 57.8 Å². The molecule has 0 unspecified atom stereocenters. The Labute approximate surface area is 203 Å². The molecule has 0 saturated heterocycles. The van der Waals surface area contributed by atoms with Crippen molar-refractivity contribution in [3.63, 3.8) is 0 Å². The predicted octanol–water partition coefficient (Wildman–Crippen LogP) is 1.91. The zero-order valence-electron chi connectivity index (χ0n) is 15.8. The van der Waals surface area contributed by atoms with Crippen LogP contribution < -0.4 is 34.7 Å². The van der Waals surface area contributed by atoms with E-state index in [9.17, 15) is 23.7 Å². The zero-order chi connectivity index (χ0) is 21.9. The number of phenolic OH excluding ortho intramolecular Hbond substituents is 2. The van der Waals surface area contributed by atoms with Crippen LogP contribution in [0.15, 0.2) is 79.9 Å². The van der Waals surface area contributed by atoms with Gasteiger partial charge in [-0.05, 0) is 36.4 Å². The molecule has 0 aromatic heterocycles. The van der Waals surface area contributed by atoms with Crippen LogP contribution in [0.4, 0.5) is 22.7 Å². The largest absolute Gasteiger partial charge is 1.00 e. The Morgan fingerprint density at radius 2 is 1.32 bits per heavy atom. The van der Waals surface area contributed by atoms with Gasteiger partial charge >= 0.3 is 29.6 Å². The molecule has 0 spiro atoms. The van der Waals surface area contributed by atoms with E-state index in [0.29, 0.717) is 0 Å². The second-order valence-corrected chi connectivity index (χ2v) is 7.67. The number of azo groups is 2. The smallest absolute Gasteiger partial charge is 0.871 e. The minimum atomic E-state index is -4.33. The molecule has 10 nitrogen and oxygen atoms in total. The quantitative estimate of drug-likeness (QED) is 0.292. The van der Waals surface area contributed by atoms with Gasteiger partial charge in [-0.2, -0.15) is 18.6 Å². The Kier molecular flexibility index (Phi) is 8.12. The first-order valence-corrected chi connectivity index (χ1v) is 9.89. The van der Waals surface area contributed by atoms with E-state index in [4.69, 9.17) is 16.2 Å². The molecule has 0 aliphatic heterocycles. The first-order valence-electron chi connectivity index (χ1n) is 8.07. The van der Waals surface area contributed by atoms with E-state index in [0.717, 1.165) is 18.2 Å². The third-order valence-corrected chi connectivity index (χ3v) is 4.77. The molecule has 0 radical (unpaired) electrons. The number of rotatable bonds is 5. The molecule has 0 bridgehead atoms. The Balaban J connectivity index is 0.00000341. The first kappa shape index (κ1) is 24.7. The van der Waals surface area contributed by atoms with Crippen LogP contribution >= 0.6 is 11.6 Å². The number of hydrogen-bond donors (Lipinski definition) is 3. The molecule has 31 heavy (non-hydrogen) atoms. The Morgan fingerprint density at radius 1 is 0.774 bits per heavy atom. The molecule has 0 heterocycles. The monoisotopic (exact) mass is 470 g/mol. The van der Waals surface area contributed by atoms with E-state index in [1.807, 2.05) is 0 Å². The molecule has 3 N–H and O–H groups in total. The van der Waals surface area contributed by atoms with E-state index in [2.05, 4.69) is 20.5 Å². The molecule has 0 fully saturated rings. The van der Waals surface area contributed by atoms with Gasteiger partial charge in [0, 0.05) is 17.2 Å². The minimum Gasteiger partial charge on any atom is -0.871 e. The number of phenols is 2. The van der Waals surface area contributed by atoms with Gasteiger partial charge in [0.15, 0.2) is 0 Å². The van der Waals surface area contributed by atoms with Gasteiger partial charge in [0.1, 0.15) is 22.9 Å². The topological polar surface area (TPSA) is 167 Å². The van der Waals surface area contributed by atoms with Gasteiger partial charge in [-0.3, -0.25) is 4.55 Å². The number of benzene rings is 3. The molecule has 3 rings (SSSR count). The molecule has 3 aromatic carbocycles. The van der Waals surface area contributed by atoms with Crippen molar-refractivity contribution in [3.8, 4) is 17.2 Å². The summed E-state index contributed by atoms with van der Waals surface area (Å²) in [5.74, 6) is -1.24. The van der Waals surface area contributed by atoms with Crippen molar-refractivity contribution in [2.75, 3.05) is 0 Å². The molecular formula is C18H12ClN4NaO6S. The minimum absolute atomic E-state index is 0. The number of nitrogens with zero attached hydrogens (tertiary/aromatic N) is 4. The molecule has 13 heteroatoms. The predicted molar refractivity (Wildman–Crippen MR) is 105 cm³/mol. The van der Waals surface area contributed by atoms with Crippen molar-refractivity contribution in [1.82, 2.24) is 0 Å². The zero-order valence-corrected chi connectivity index (χ0v) is 19.4. The standard InChI is InChI=1S/C18H13ClN4O6S.Na/c19-10-1-6-16(24)13(7-10)22-23-15-8-14(17(25)9-18(15)26)21-20-11-2-4-12(5-3-11)30(27,28)29;/h1-9,24-26H,(H,27,28,29);/q;+1/p-1. The maximum atomic E-state index is 11.7. The van der Waals surface area contributed by atoms with E-state index < -0.39 is 27.4 Å². The second kappa shape index (κ2) is 10.2.